The average molecular weight is 206 g/mol. The van der Waals surface area contributed by atoms with Crippen LogP contribution in [0.4, 0.5) is 0 Å². The number of sulfone groups is 1. The molecule has 0 unspecified atom stereocenters. The fraction of sp³-hybridized carbons (Fsp3) is 1.00. The summed E-state index contributed by atoms with van der Waals surface area (Å²) in [5, 5.41) is 2.31. The van der Waals surface area contributed by atoms with Gasteiger partial charge in [0.2, 0.25) is 0 Å². The third-order valence-electron chi connectivity index (χ3n) is 3.15. The quantitative estimate of drug-likeness (QED) is 0.471. The molecular weight excluding hydrogens is 188 g/mol. The molecule has 2 aliphatic heterocycles. The molecule has 0 radical (unpaired) electrons. The molecule has 2 heterocycles. The van der Waals surface area contributed by atoms with Crippen molar-refractivity contribution in [1.29, 1.82) is 0 Å². The lowest BCUT2D eigenvalue weighted by molar-refractivity contribution is -0.964. The van der Waals surface area contributed by atoms with Gasteiger partial charge in [-0.3, -0.25) is 0 Å². The molecule has 0 aromatic rings. The van der Waals surface area contributed by atoms with Crippen LogP contribution in [0.25, 0.3) is 0 Å². The van der Waals surface area contributed by atoms with Crippen molar-refractivity contribution in [1.82, 2.24) is 0 Å². The average Bonchev–Trinajstić information content (AvgIpc) is 2.48. The van der Waals surface area contributed by atoms with E-state index in [1.807, 2.05) is 0 Å². The molecule has 76 valence electrons. The summed E-state index contributed by atoms with van der Waals surface area (Å²) in [5.74, 6) is 0.854. The molecule has 2 aliphatic rings. The van der Waals surface area contributed by atoms with Crippen LogP contribution in [0, 0.1) is 0 Å². The fourth-order valence-electron chi connectivity index (χ4n) is 2.37. The van der Waals surface area contributed by atoms with Crippen molar-refractivity contribution in [3.8, 4) is 0 Å². The monoisotopic (exact) mass is 206 g/mol. The second kappa shape index (κ2) is 3.55. The maximum atomic E-state index is 11.3. The van der Waals surface area contributed by atoms with Crippen LogP contribution in [0.15, 0.2) is 0 Å². The van der Waals surface area contributed by atoms with Gasteiger partial charge in [0.25, 0.3) is 0 Å². The zero-order valence-electron chi connectivity index (χ0n) is 7.83. The van der Waals surface area contributed by atoms with Gasteiger partial charge in [0.1, 0.15) is 38.0 Å². The highest BCUT2D eigenvalue weighted by molar-refractivity contribution is 7.91. The molecular formula is C8H18N2O2S+2. The smallest absolute Gasteiger partial charge is 0.156 e. The molecule has 0 aromatic heterocycles. The van der Waals surface area contributed by atoms with Gasteiger partial charge in [-0.1, -0.05) is 0 Å². The Morgan fingerprint density at radius 2 is 1.92 bits per heavy atom. The minimum Gasteiger partial charge on any atom is -0.337 e. The Labute approximate surface area is 79.2 Å². The van der Waals surface area contributed by atoms with E-state index in [4.69, 9.17) is 0 Å². The van der Waals surface area contributed by atoms with Gasteiger partial charge in [0.05, 0.1) is 5.75 Å². The van der Waals surface area contributed by atoms with E-state index in [1.54, 1.807) is 0 Å². The molecule has 0 aliphatic carbocycles. The number of rotatable bonds is 1. The number of hydrogen-bond acceptors (Lipinski definition) is 2. The highest BCUT2D eigenvalue weighted by Gasteiger charge is 2.36. The van der Waals surface area contributed by atoms with Crippen molar-refractivity contribution in [3.05, 3.63) is 0 Å². The Morgan fingerprint density at radius 3 is 2.46 bits per heavy atom. The van der Waals surface area contributed by atoms with E-state index >= 15 is 0 Å². The molecule has 0 bridgehead atoms. The molecule has 0 spiro atoms. The highest BCUT2D eigenvalue weighted by Crippen LogP contribution is 2.08. The molecule has 1 atom stereocenters. The molecule has 4 nitrogen and oxygen atoms in total. The van der Waals surface area contributed by atoms with Crippen LogP contribution in [-0.2, 0) is 9.84 Å². The van der Waals surface area contributed by atoms with Crippen LogP contribution in [0.1, 0.15) is 6.42 Å². The zero-order chi connectivity index (χ0) is 9.31. The van der Waals surface area contributed by atoms with Gasteiger partial charge in [-0.15, -0.1) is 0 Å². The van der Waals surface area contributed by atoms with E-state index in [0.29, 0.717) is 17.5 Å². The lowest BCUT2D eigenvalue weighted by Crippen LogP contribution is -3.23. The second-order valence-electron chi connectivity index (χ2n) is 4.12. The van der Waals surface area contributed by atoms with Crippen LogP contribution in [0.2, 0.25) is 0 Å². The lowest BCUT2D eigenvalue weighted by Gasteiger charge is -2.26. The SMILES string of the molecule is O=S1(=O)CC[C@@H]([NH+]2CC[NH2+]CC2)C1. The molecule has 0 amide bonds. The summed E-state index contributed by atoms with van der Waals surface area (Å²) in [7, 11) is -2.68. The van der Waals surface area contributed by atoms with E-state index in [-0.39, 0.29) is 0 Å². The van der Waals surface area contributed by atoms with Gasteiger partial charge in [0.15, 0.2) is 9.84 Å². The summed E-state index contributed by atoms with van der Waals surface area (Å²) in [6.07, 6.45) is 0.887. The Kier molecular flexibility index (Phi) is 2.58. The summed E-state index contributed by atoms with van der Waals surface area (Å²) >= 11 is 0. The first-order valence-electron chi connectivity index (χ1n) is 5.04. The Hall–Kier alpha value is -0.130. The van der Waals surface area contributed by atoms with Crippen LogP contribution in [0.5, 0.6) is 0 Å². The van der Waals surface area contributed by atoms with Gasteiger partial charge >= 0.3 is 0 Å². The van der Waals surface area contributed by atoms with Crippen molar-refractivity contribution in [3.63, 3.8) is 0 Å². The maximum absolute atomic E-state index is 11.3. The van der Waals surface area contributed by atoms with Crippen LogP contribution in [-0.4, -0.2) is 52.1 Å². The largest absolute Gasteiger partial charge is 0.337 e. The van der Waals surface area contributed by atoms with E-state index in [9.17, 15) is 8.42 Å². The first-order chi connectivity index (χ1) is 6.17. The molecule has 2 fully saturated rings. The standard InChI is InChI=1S/C8H16N2O2S/c11-13(12)6-1-8(7-13)10-4-2-9-3-5-10/h8-9H,1-7H2/p+2/t8-/m1/s1. The molecule has 13 heavy (non-hydrogen) atoms. The van der Waals surface area contributed by atoms with Gasteiger partial charge in [0, 0.05) is 6.42 Å². The van der Waals surface area contributed by atoms with Crippen molar-refractivity contribution in [2.45, 2.75) is 12.5 Å². The van der Waals surface area contributed by atoms with Crippen molar-refractivity contribution >= 4 is 9.84 Å². The Balaban J connectivity index is 1.95. The lowest BCUT2D eigenvalue weighted by atomic mass is 10.2. The first kappa shape index (κ1) is 9.43. The number of nitrogens with one attached hydrogen (secondary N) is 1. The normalized spacial score (nSPS) is 34.9. The summed E-state index contributed by atoms with van der Waals surface area (Å²) in [6, 6.07) is 0.402. The number of quaternary nitrogens is 2. The first-order valence-corrected chi connectivity index (χ1v) is 6.86. The van der Waals surface area contributed by atoms with Gasteiger partial charge in [-0.25, -0.2) is 8.42 Å². The molecule has 0 saturated carbocycles. The number of piperazine rings is 1. The third kappa shape index (κ3) is 2.21. The molecule has 2 saturated heterocycles. The van der Waals surface area contributed by atoms with Gasteiger partial charge in [-0.05, 0) is 0 Å². The van der Waals surface area contributed by atoms with E-state index < -0.39 is 9.84 Å². The van der Waals surface area contributed by atoms with E-state index in [0.717, 1.165) is 32.6 Å². The fourth-order valence-corrected chi connectivity index (χ4v) is 4.20. The molecule has 2 rings (SSSR count). The zero-order valence-corrected chi connectivity index (χ0v) is 8.65. The van der Waals surface area contributed by atoms with Crippen molar-refractivity contribution in [2.75, 3.05) is 37.7 Å². The van der Waals surface area contributed by atoms with Crippen molar-refractivity contribution < 1.29 is 18.6 Å². The van der Waals surface area contributed by atoms with E-state index in [2.05, 4.69) is 5.32 Å². The minimum absolute atomic E-state index is 0.402. The van der Waals surface area contributed by atoms with E-state index in [1.165, 1.54) is 4.90 Å². The summed E-state index contributed by atoms with van der Waals surface area (Å²) < 4.78 is 22.5. The number of nitrogens with two attached hydrogens (primary N) is 1. The summed E-state index contributed by atoms with van der Waals surface area (Å²) in [4.78, 5) is 1.52. The van der Waals surface area contributed by atoms with Gasteiger partial charge in [-0.2, -0.15) is 0 Å². The molecule has 0 aromatic carbocycles. The predicted octanol–water partition coefficient (Wildman–Crippen LogP) is -3.36. The Bertz CT molecular complexity index is 270. The topological polar surface area (TPSA) is 55.2 Å². The minimum atomic E-state index is -2.68. The second-order valence-corrected chi connectivity index (χ2v) is 6.35. The number of hydrogen-bond donors (Lipinski definition) is 2. The van der Waals surface area contributed by atoms with Crippen LogP contribution in [0.3, 0.4) is 0 Å². The van der Waals surface area contributed by atoms with Gasteiger partial charge < -0.3 is 10.2 Å². The molecule has 3 N–H and O–H groups in total. The Morgan fingerprint density at radius 1 is 1.23 bits per heavy atom. The highest BCUT2D eigenvalue weighted by atomic mass is 32.2. The predicted molar refractivity (Wildman–Crippen MR) is 49.4 cm³/mol. The van der Waals surface area contributed by atoms with Crippen molar-refractivity contribution in [2.24, 2.45) is 0 Å². The van der Waals surface area contributed by atoms with Crippen LogP contribution < -0.4 is 10.2 Å². The summed E-state index contributed by atoms with van der Waals surface area (Å²) in [6.45, 7) is 4.60. The summed E-state index contributed by atoms with van der Waals surface area (Å²) in [5.41, 5.74) is 0. The maximum Gasteiger partial charge on any atom is 0.156 e. The van der Waals surface area contributed by atoms with Crippen LogP contribution >= 0.6 is 0 Å². The molecule has 5 heteroatoms. The third-order valence-corrected chi connectivity index (χ3v) is 4.92.